The lowest BCUT2D eigenvalue weighted by Crippen LogP contribution is -1.92. The van der Waals surface area contributed by atoms with Gasteiger partial charge in [0.25, 0.3) is 0 Å². The van der Waals surface area contributed by atoms with Gasteiger partial charge in [-0.3, -0.25) is 0 Å². The molecule has 0 unspecified atom stereocenters. The summed E-state index contributed by atoms with van der Waals surface area (Å²) in [6.07, 6.45) is 1.73. The molecule has 0 N–H and O–H groups in total. The van der Waals surface area contributed by atoms with Crippen molar-refractivity contribution < 1.29 is 0 Å². The summed E-state index contributed by atoms with van der Waals surface area (Å²) >= 11 is 5.66. The Morgan fingerprint density at radius 2 is 1.86 bits per heavy atom. The van der Waals surface area contributed by atoms with E-state index < -0.39 is 0 Å². The molecule has 2 nitrogen and oxygen atoms in total. The minimum Gasteiger partial charge on any atom is -0.240 e. The van der Waals surface area contributed by atoms with Gasteiger partial charge in [-0.05, 0) is 6.07 Å². The molecule has 2 aromatic rings. The maximum atomic E-state index is 5.66. The molecule has 1 heterocycles. The van der Waals surface area contributed by atoms with Crippen molar-refractivity contribution in [1.29, 1.82) is 0 Å². The third-order valence-corrected chi connectivity index (χ3v) is 2.13. The summed E-state index contributed by atoms with van der Waals surface area (Å²) in [7, 11) is 0. The molecular weight excluding hydrogens is 196 g/mol. The topological polar surface area (TPSA) is 25.8 Å². The van der Waals surface area contributed by atoms with Crippen LogP contribution >= 0.6 is 11.6 Å². The number of alkyl halides is 1. The number of hydrogen-bond acceptors (Lipinski definition) is 2. The second kappa shape index (κ2) is 4.20. The largest absolute Gasteiger partial charge is 0.240 e. The van der Waals surface area contributed by atoms with E-state index in [1.165, 1.54) is 0 Å². The van der Waals surface area contributed by atoms with Crippen LogP contribution in [0.25, 0.3) is 11.3 Å². The molecule has 1 aromatic carbocycles. The van der Waals surface area contributed by atoms with Gasteiger partial charge in [-0.2, -0.15) is 0 Å². The first-order chi connectivity index (χ1) is 6.90. The summed E-state index contributed by atoms with van der Waals surface area (Å²) in [5.41, 5.74) is 2.00. The minimum absolute atomic E-state index is 0.348. The molecule has 0 aliphatic rings. The molecule has 3 heteroatoms. The molecule has 0 amide bonds. The summed E-state index contributed by atoms with van der Waals surface area (Å²) < 4.78 is 0. The standard InChI is InChI=1S/C11H9ClN2/c12-8-11-13-7-6-10(14-11)9-4-2-1-3-5-9/h1-7H,8H2. The molecule has 0 aliphatic heterocycles. The SMILES string of the molecule is ClCc1nccc(-c2ccccc2)n1. The Labute approximate surface area is 87.6 Å². The highest BCUT2D eigenvalue weighted by molar-refractivity contribution is 6.16. The molecule has 70 valence electrons. The van der Waals surface area contributed by atoms with Crippen molar-refractivity contribution in [2.24, 2.45) is 0 Å². The maximum absolute atomic E-state index is 5.66. The van der Waals surface area contributed by atoms with E-state index in [2.05, 4.69) is 9.97 Å². The zero-order valence-corrected chi connectivity index (χ0v) is 8.28. The Bertz CT molecular complexity index is 415. The maximum Gasteiger partial charge on any atom is 0.143 e. The molecule has 0 atom stereocenters. The van der Waals surface area contributed by atoms with Gasteiger partial charge >= 0.3 is 0 Å². The molecule has 2 rings (SSSR count). The van der Waals surface area contributed by atoms with E-state index in [0.29, 0.717) is 11.7 Å². The van der Waals surface area contributed by atoms with Crippen molar-refractivity contribution in [3.05, 3.63) is 48.4 Å². The van der Waals surface area contributed by atoms with Crippen LogP contribution in [-0.2, 0) is 5.88 Å². The van der Waals surface area contributed by atoms with Crippen LogP contribution in [0.1, 0.15) is 5.82 Å². The molecule has 0 spiro atoms. The van der Waals surface area contributed by atoms with E-state index in [4.69, 9.17) is 11.6 Å². The van der Waals surface area contributed by atoms with Crippen molar-refractivity contribution in [3.63, 3.8) is 0 Å². The van der Waals surface area contributed by atoms with Gasteiger partial charge in [-0.15, -0.1) is 11.6 Å². The lowest BCUT2D eigenvalue weighted by Gasteiger charge is -2.00. The summed E-state index contributed by atoms with van der Waals surface area (Å²) in [6, 6.07) is 11.9. The summed E-state index contributed by atoms with van der Waals surface area (Å²) in [5.74, 6) is 1.01. The molecule has 0 bridgehead atoms. The highest BCUT2D eigenvalue weighted by Gasteiger charge is 1.99. The van der Waals surface area contributed by atoms with Crippen LogP contribution in [0.4, 0.5) is 0 Å². The van der Waals surface area contributed by atoms with E-state index in [-0.39, 0.29) is 0 Å². The first kappa shape index (κ1) is 9.16. The van der Waals surface area contributed by atoms with Gasteiger partial charge in [0.2, 0.25) is 0 Å². The van der Waals surface area contributed by atoms with Gasteiger partial charge in [-0.25, -0.2) is 9.97 Å². The van der Waals surface area contributed by atoms with Gasteiger partial charge in [0.15, 0.2) is 0 Å². The van der Waals surface area contributed by atoms with Crippen LogP contribution in [-0.4, -0.2) is 9.97 Å². The molecule has 0 radical (unpaired) electrons. The fraction of sp³-hybridized carbons (Fsp3) is 0.0909. The number of aromatic nitrogens is 2. The number of halogens is 1. The molecule has 1 aromatic heterocycles. The first-order valence-corrected chi connectivity index (χ1v) is 4.87. The molecule has 0 saturated heterocycles. The number of rotatable bonds is 2. The number of hydrogen-bond donors (Lipinski definition) is 0. The van der Waals surface area contributed by atoms with Crippen LogP contribution in [0.2, 0.25) is 0 Å². The average Bonchev–Trinajstić information content (AvgIpc) is 2.30. The van der Waals surface area contributed by atoms with E-state index in [9.17, 15) is 0 Å². The van der Waals surface area contributed by atoms with Crippen molar-refractivity contribution in [1.82, 2.24) is 9.97 Å². The predicted octanol–water partition coefficient (Wildman–Crippen LogP) is 2.88. The average molecular weight is 205 g/mol. The van der Waals surface area contributed by atoms with Crippen LogP contribution in [0.5, 0.6) is 0 Å². The van der Waals surface area contributed by atoms with Gasteiger partial charge in [0, 0.05) is 11.8 Å². The van der Waals surface area contributed by atoms with Gasteiger partial charge < -0.3 is 0 Å². The molecule has 0 aliphatic carbocycles. The summed E-state index contributed by atoms with van der Waals surface area (Å²) in [5, 5.41) is 0. The van der Waals surface area contributed by atoms with Gasteiger partial charge in [0.05, 0.1) is 11.6 Å². The Hall–Kier alpha value is -1.41. The van der Waals surface area contributed by atoms with E-state index in [1.807, 2.05) is 36.4 Å². The van der Waals surface area contributed by atoms with E-state index >= 15 is 0 Å². The summed E-state index contributed by atoms with van der Waals surface area (Å²) in [4.78, 5) is 8.36. The van der Waals surface area contributed by atoms with Crippen LogP contribution in [0.3, 0.4) is 0 Å². The molecule has 14 heavy (non-hydrogen) atoms. The molecular formula is C11H9ClN2. The first-order valence-electron chi connectivity index (χ1n) is 4.33. The highest BCUT2D eigenvalue weighted by atomic mass is 35.5. The highest BCUT2D eigenvalue weighted by Crippen LogP contribution is 2.15. The smallest absolute Gasteiger partial charge is 0.143 e. The summed E-state index contributed by atoms with van der Waals surface area (Å²) in [6.45, 7) is 0. The fourth-order valence-electron chi connectivity index (χ4n) is 1.23. The number of nitrogens with zero attached hydrogens (tertiary/aromatic N) is 2. The minimum atomic E-state index is 0.348. The number of benzene rings is 1. The Morgan fingerprint density at radius 1 is 1.07 bits per heavy atom. The lowest BCUT2D eigenvalue weighted by molar-refractivity contribution is 1.03. The predicted molar refractivity (Wildman–Crippen MR) is 57.0 cm³/mol. The fourth-order valence-corrected chi connectivity index (χ4v) is 1.36. The van der Waals surface area contributed by atoms with E-state index in [0.717, 1.165) is 11.3 Å². The zero-order chi connectivity index (χ0) is 9.80. The van der Waals surface area contributed by atoms with Crippen molar-refractivity contribution in [2.45, 2.75) is 5.88 Å². The molecule has 0 fully saturated rings. The normalized spacial score (nSPS) is 10.1. The molecule has 0 saturated carbocycles. The Morgan fingerprint density at radius 3 is 2.57 bits per heavy atom. The monoisotopic (exact) mass is 204 g/mol. The van der Waals surface area contributed by atoms with Crippen molar-refractivity contribution in [2.75, 3.05) is 0 Å². The lowest BCUT2D eigenvalue weighted by atomic mass is 10.1. The van der Waals surface area contributed by atoms with Crippen molar-refractivity contribution >= 4 is 11.6 Å². The van der Waals surface area contributed by atoms with Crippen LogP contribution < -0.4 is 0 Å². The van der Waals surface area contributed by atoms with Gasteiger partial charge in [0.1, 0.15) is 5.82 Å². The quantitative estimate of drug-likeness (QED) is 0.703. The second-order valence-electron chi connectivity index (χ2n) is 2.86. The van der Waals surface area contributed by atoms with Crippen LogP contribution in [0, 0.1) is 0 Å². The zero-order valence-electron chi connectivity index (χ0n) is 7.52. The second-order valence-corrected chi connectivity index (χ2v) is 3.13. The third-order valence-electron chi connectivity index (χ3n) is 1.89. The van der Waals surface area contributed by atoms with Crippen LogP contribution in [0.15, 0.2) is 42.6 Å². The van der Waals surface area contributed by atoms with Crippen molar-refractivity contribution in [3.8, 4) is 11.3 Å². The Balaban J connectivity index is 2.42. The Kier molecular flexibility index (Phi) is 2.75. The van der Waals surface area contributed by atoms with Gasteiger partial charge in [-0.1, -0.05) is 30.3 Å². The third kappa shape index (κ3) is 1.91. The van der Waals surface area contributed by atoms with E-state index in [1.54, 1.807) is 6.20 Å².